The van der Waals surface area contributed by atoms with E-state index >= 15 is 0 Å². The lowest BCUT2D eigenvalue weighted by Gasteiger charge is -2.30. The van der Waals surface area contributed by atoms with Gasteiger partial charge in [0, 0.05) is 23.7 Å². The number of amides is 2. The number of nitrogens with zero attached hydrogens (tertiary/aromatic N) is 4. The van der Waals surface area contributed by atoms with Crippen molar-refractivity contribution < 1.29 is 9.59 Å². The molecule has 3 N–H and O–H groups in total. The number of nitrogens with one attached hydrogen (secondary N) is 1. The second-order valence-corrected chi connectivity index (χ2v) is 7.81. The summed E-state index contributed by atoms with van der Waals surface area (Å²) in [7, 11) is 0. The van der Waals surface area contributed by atoms with Crippen LogP contribution in [0.1, 0.15) is 28.8 Å². The molecule has 8 heteroatoms. The van der Waals surface area contributed by atoms with Crippen LogP contribution in [-0.2, 0) is 11.2 Å². The summed E-state index contributed by atoms with van der Waals surface area (Å²) in [5.41, 5.74) is 8.79. The van der Waals surface area contributed by atoms with E-state index in [0.717, 1.165) is 50.3 Å². The lowest BCUT2D eigenvalue weighted by atomic mass is 9.96. The monoisotopic (exact) mass is 418 g/mol. The van der Waals surface area contributed by atoms with Crippen molar-refractivity contribution in [3.8, 4) is 5.69 Å². The fourth-order valence-corrected chi connectivity index (χ4v) is 3.79. The fourth-order valence-electron chi connectivity index (χ4n) is 3.79. The summed E-state index contributed by atoms with van der Waals surface area (Å²) in [6, 6.07) is 15.1. The molecule has 8 nitrogen and oxygen atoms in total. The van der Waals surface area contributed by atoms with E-state index in [4.69, 9.17) is 5.73 Å². The molecule has 0 radical (unpaired) electrons. The van der Waals surface area contributed by atoms with Crippen molar-refractivity contribution in [2.45, 2.75) is 19.3 Å². The molecule has 0 spiro atoms. The van der Waals surface area contributed by atoms with Crippen LogP contribution in [0.25, 0.3) is 5.69 Å². The largest absolute Gasteiger partial charge is 0.369 e. The van der Waals surface area contributed by atoms with Crippen molar-refractivity contribution in [3.63, 3.8) is 0 Å². The molecule has 2 heterocycles. The lowest BCUT2D eigenvalue weighted by molar-refractivity contribution is -0.123. The number of rotatable bonds is 7. The number of piperidine rings is 1. The van der Waals surface area contributed by atoms with E-state index in [-0.39, 0.29) is 17.7 Å². The Balaban J connectivity index is 1.26. The summed E-state index contributed by atoms with van der Waals surface area (Å²) < 4.78 is 1.64. The molecule has 2 amide bonds. The Morgan fingerprint density at radius 3 is 2.35 bits per heavy atom. The fraction of sp³-hybridized carbons (Fsp3) is 0.304. The Hall–Kier alpha value is -3.52. The topological polar surface area (TPSA) is 106 Å². The average molecular weight is 419 g/mol. The van der Waals surface area contributed by atoms with E-state index in [1.807, 2.05) is 36.4 Å². The van der Waals surface area contributed by atoms with Crippen molar-refractivity contribution >= 4 is 17.5 Å². The van der Waals surface area contributed by atoms with Gasteiger partial charge in [0.1, 0.15) is 12.7 Å². The highest BCUT2D eigenvalue weighted by Crippen LogP contribution is 2.18. The van der Waals surface area contributed by atoms with Crippen LogP contribution in [0.2, 0.25) is 0 Å². The third-order valence-corrected chi connectivity index (χ3v) is 5.73. The van der Waals surface area contributed by atoms with E-state index < -0.39 is 0 Å². The number of likely N-dealkylation sites (tertiary alicyclic amines) is 1. The first kappa shape index (κ1) is 20.7. The molecule has 0 bridgehead atoms. The normalized spacial score (nSPS) is 15.0. The number of hydrogen-bond donors (Lipinski definition) is 2. The van der Waals surface area contributed by atoms with E-state index in [1.54, 1.807) is 23.1 Å². The molecular weight excluding hydrogens is 392 g/mol. The zero-order chi connectivity index (χ0) is 21.6. The van der Waals surface area contributed by atoms with E-state index in [1.165, 1.54) is 11.9 Å². The highest BCUT2D eigenvalue weighted by molar-refractivity contribution is 6.04. The number of carbonyl (C=O) groups excluding carboxylic acids is 2. The van der Waals surface area contributed by atoms with Crippen LogP contribution in [-0.4, -0.2) is 51.1 Å². The van der Waals surface area contributed by atoms with Gasteiger partial charge in [0.2, 0.25) is 5.91 Å². The summed E-state index contributed by atoms with van der Waals surface area (Å²) in [6.07, 6.45) is 5.70. The maximum atomic E-state index is 12.5. The quantitative estimate of drug-likeness (QED) is 0.612. The number of benzene rings is 2. The Bertz CT molecular complexity index is 1010. The summed E-state index contributed by atoms with van der Waals surface area (Å²) in [5.74, 6) is -0.309. The van der Waals surface area contributed by atoms with Gasteiger partial charge in [-0.15, -0.1) is 0 Å². The van der Waals surface area contributed by atoms with Crippen molar-refractivity contribution in [2.75, 3.05) is 25.0 Å². The molecule has 0 aliphatic carbocycles. The van der Waals surface area contributed by atoms with Gasteiger partial charge in [-0.05, 0) is 74.3 Å². The number of hydrogen-bond acceptors (Lipinski definition) is 5. The minimum atomic E-state index is -0.177. The maximum Gasteiger partial charge on any atom is 0.255 e. The van der Waals surface area contributed by atoms with Crippen LogP contribution in [0.15, 0.2) is 61.2 Å². The average Bonchev–Trinajstić information content (AvgIpc) is 3.34. The predicted octanol–water partition coefficient (Wildman–Crippen LogP) is 2.26. The smallest absolute Gasteiger partial charge is 0.255 e. The first-order chi connectivity index (χ1) is 15.1. The molecule has 1 aliphatic heterocycles. The lowest BCUT2D eigenvalue weighted by Crippen LogP contribution is -2.39. The molecular formula is C23H26N6O2. The molecule has 0 unspecified atom stereocenters. The summed E-state index contributed by atoms with van der Waals surface area (Å²) in [4.78, 5) is 30.1. The van der Waals surface area contributed by atoms with Crippen LogP contribution in [0.3, 0.4) is 0 Å². The van der Waals surface area contributed by atoms with Crippen LogP contribution < -0.4 is 11.1 Å². The first-order valence-electron chi connectivity index (χ1n) is 10.5. The highest BCUT2D eigenvalue weighted by atomic mass is 16.2. The Morgan fingerprint density at radius 1 is 1.03 bits per heavy atom. The van der Waals surface area contributed by atoms with Gasteiger partial charge in [0.15, 0.2) is 0 Å². The standard InChI is InChI=1S/C23H26N6O2/c24-22(30)18-10-13-28(14-11-18)12-9-17-1-5-20(6-2-17)27-23(31)19-3-7-21(8-4-19)29-16-25-15-26-29/h1-8,15-16,18H,9-14H2,(H2,24,30)(H,27,31). The van der Waals surface area contributed by atoms with Gasteiger partial charge >= 0.3 is 0 Å². The second kappa shape index (κ2) is 9.53. The van der Waals surface area contributed by atoms with Gasteiger partial charge in [0.05, 0.1) is 5.69 Å². The van der Waals surface area contributed by atoms with E-state index in [0.29, 0.717) is 5.56 Å². The van der Waals surface area contributed by atoms with Gasteiger partial charge in [-0.2, -0.15) is 5.10 Å². The SMILES string of the molecule is NC(=O)C1CCN(CCc2ccc(NC(=O)c3ccc(-n4cncn4)cc3)cc2)CC1. The van der Waals surface area contributed by atoms with Crippen molar-refractivity contribution in [2.24, 2.45) is 11.7 Å². The summed E-state index contributed by atoms with van der Waals surface area (Å²) in [6.45, 7) is 2.78. The number of aromatic nitrogens is 3. The van der Waals surface area contributed by atoms with Crippen LogP contribution >= 0.6 is 0 Å². The van der Waals surface area contributed by atoms with Crippen LogP contribution in [0.5, 0.6) is 0 Å². The summed E-state index contributed by atoms with van der Waals surface area (Å²) in [5, 5.41) is 7.01. The Kier molecular flexibility index (Phi) is 6.37. The van der Waals surface area contributed by atoms with E-state index in [9.17, 15) is 9.59 Å². The van der Waals surface area contributed by atoms with Crippen LogP contribution in [0, 0.1) is 5.92 Å². The van der Waals surface area contributed by atoms with Gasteiger partial charge < -0.3 is 16.0 Å². The zero-order valence-corrected chi connectivity index (χ0v) is 17.3. The molecule has 31 heavy (non-hydrogen) atoms. The third kappa shape index (κ3) is 5.35. The number of primary amides is 1. The van der Waals surface area contributed by atoms with Crippen molar-refractivity contribution in [3.05, 3.63) is 72.3 Å². The molecule has 4 rings (SSSR count). The van der Waals surface area contributed by atoms with Gasteiger partial charge in [-0.1, -0.05) is 12.1 Å². The molecule has 160 valence electrons. The second-order valence-electron chi connectivity index (χ2n) is 7.81. The Labute approximate surface area is 181 Å². The van der Waals surface area contributed by atoms with Gasteiger partial charge in [-0.25, -0.2) is 9.67 Å². The zero-order valence-electron chi connectivity index (χ0n) is 17.3. The minimum absolute atomic E-state index is 0.0258. The summed E-state index contributed by atoms with van der Waals surface area (Å²) >= 11 is 0. The van der Waals surface area contributed by atoms with Gasteiger partial charge in [-0.3, -0.25) is 9.59 Å². The molecule has 1 saturated heterocycles. The Morgan fingerprint density at radius 2 is 1.74 bits per heavy atom. The van der Waals surface area contributed by atoms with Crippen LogP contribution in [0.4, 0.5) is 5.69 Å². The first-order valence-corrected chi connectivity index (χ1v) is 10.5. The van der Waals surface area contributed by atoms with Gasteiger partial charge in [0.25, 0.3) is 5.91 Å². The van der Waals surface area contributed by atoms with Crippen molar-refractivity contribution in [1.82, 2.24) is 19.7 Å². The highest BCUT2D eigenvalue weighted by Gasteiger charge is 2.22. The molecule has 0 atom stereocenters. The molecule has 1 aliphatic rings. The predicted molar refractivity (Wildman–Crippen MR) is 118 cm³/mol. The third-order valence-electron chi connectivity index (χ3n) is 5.73. The number of carbonyl (C=O) groups is 2. The number of anilines is 1. The molecule has 2 aromatic carbocycles. The van der Waals surface area contributed by atoms with E-state index in [2.05, 4.69) is 20.3 Å². The molecule has 1 aromatic heterocycles. The molecule has 0 saturated carbocycles. The molecule has 3 aromatic rings. The van der Waals surface area contributed by atoms with Crippen molar-refractivity contribution in [1.29, 1.82) is 0 Å². The molecule has 1 fully saturated rings. The maximum absolute atomic E-state index is 12.5. The number of nitrogens with two attached hydrogens (primary N) is 1. The minimum Gasteiger partial charge on any atom is -0.369 e.